The fourth-order valence-corrected chi connectivity index (χ4v) is 2.35. The molecule has 2 aromatic carbocycles. The molecule has 0 aliphatic rings. The minimum atomic E-state index is -0.298. The Hall–Kier alpha value is -1.20. The number of aromatic nitrogens is 2. The summed E-state index contributed by atoms with van der Waals surface area (Å²) in [6.07, 6.45) is 0. The molecule has 0 spiro atoms. The number of halogens is 3. The zero-order valence-electron chi connectivity index (χ0n) is 9.05. The molecule has 1 aromatic heterocycles. The Labute approximate surface area is 119 Å². The predicted octanol–water partition coefficient (Wildman–Crippen LogP) is 4.89. The van der Waals surface area contributed by atoms with Crippen molar-refractivity contribution in [2.75, 3.05) is 0 Å². The molecule has 1 heterocycles. The van der Waals surface area contributed by atoms with E-state index in [4.69, 9.17) is 0 Å². The van der Waals surface area contributed by atoms with E-state index in [0.29, 0.717) is 9.99 Å². The number of hydrogen-bond acceptors (Lipinski definition) is 1. The van der Waals surface area contributed by atoms with Gasteiger partial charge in [0.15, 0.2) is 0 Å². The number of fused-ring (bicyclic) bond motifs is 1. The lowest BCUT2D eigenvalue weighted by atomic mass is 10.2. The lowest BCUT2D eigenvalue weighted by Crippen LogP contribution is -1.78. The first-order valence-corrected chi connectivity index (χ1v) is 6.83. The maximum absolute atomic E-state index is 13.4. The molecule has 18 heavy (non-hydrogen) atoms. The molecule has 0 fully saturated rings. The van der Waals surface area contributed by atoms with Gasteiger partial charge in [-0.1, -0.05) is 28.1 Å². The van der Waals surface area contributed by atoms with E-state index < -0.39 is 0 Å². The third kappa shape index (κ3) is 2.08. The number of H-pyrrole nitrogens is 1. The van der Waals surface area contributed by atoms with Crippen molar-refractivity contribution in [3.05, 3.63) is 51.2 Å². The van der Waals surface area contributed by atoms with Crippen LogP contribution in [-0.2, 0) is 0 Å². The van der Waals surface area contributed by atoms with Crippen LogP contribution in [-0.4, -0.2) is 9.97 Å². The summed E-state index contributed by atoms with van der Waals surface area (Å²) in [6.45, 7) is 0. The average molecular weight is 370 g/mol. The highest BCUT2D eigenvalue weighted by atomic mass is 79.9. The lowest BCUT2D eigenvalue weighted by molar-refractivity contribution is 0.623. The minimum absolute atomic E-state index is 0.298. The first kappa shape index (κ1) is 11.9. The normalized spacial score (nSPS) is 11.1. The Bertz CT molecular complexity index is 681. The molecule has 0 amide bonds. The molecule has 3 rings (SSSR count). The van der Waals surface area contributed by atoms with Crippen LogP contribution in [0.5, 0.6) is 0 Å². The van der Waals surface area contributed by atoms with Crippen molar-refractivity contribution in [3.63, 3.8) is 0 Å². The third-order valence-corrected chi connectivity index (χ3v) is 3.78. The lowest BCUT2D eigenvalue weighted by Gasteiger charge is -1.95. The Morgan fingerprint density at radius 1 is 1.06 bits per heavy atom. The van der Waals surface area contributed by atoms with Crippen LogP contribution in [0.25, 0.3) is 22.4 Å². The van der Waals surface area contributed by atoms with Crippen molar-refractivity contribution in [2.45, 2.75) is 0 Å². The van der Waals surface area contributed by atoms with Gasteiger partial charge < -0.3 is 4.98 Å². The standard InChI is InChI=1S/C13H7Br2FN2/c14-8-3-1-7(2-4-8)13-17-11-5-9(15)10(16)6-12(11)18-13/h1-6H,(H,17,18). The number of nitrogens with zero attached hydrogens (tertiary/aromatic N) is 1. The quantitative estimate of drug-likeness (QED) is 0.649. The number of rotatable bonds is 1. The molecule has 0 aliphatic heterocycles. The van der Waals surface area contributed by atoms with E-state index in [9.17, 15) is 4.39 Å². The fraction of sp³-hybridized carbons (Fsp3) is 0. The maximum atomic E-state index is 13.4. The second-order valence-corrected chi connectivity index (χ2v) is 5.65. The van der Waals surface area contributed by atoms with Crippen LogP contribution < -0.4 is 0 Å². The van der Waals surface area contributed by atoms with E-state index in [-0.39, 0.29) is 5.82 Å². The SMILES string of the molecule is Fc1cc2[nH]c(-c3ccc(Br)cc3)nc2cc1Br. The van der Waals surface area contributed by atoms with Crippen molar-refractivity contribution in [2.24, 2.45) is 0 Å². The van der Waals surface area contributed by atoms with Gasteiger partial charge in [-0.2, -0.15) is 0 Å². The van der Waals surface area contributed by atoms with E-state index in [2.05, 4.69) is 41.8 Å². The van der Waals surface area contributed by atoms with Gasteiger partial charge in [-0.3, -0.25) is 0 Å². The Morgan fingerprint density at radius 3 is 2.50 bits per heavy atom. The number of hydrogen-bond donors (Lipinski definition) is 1. The Balaban J connectivity index is 2.16. The van der Waals surface area contributed by atoms with Crippen LogP contribution in [0.4, 0.5) is 4.39 Å². The highest BCUT2D eigenvalue weighted by Gasteiger charge is 2.08. The van der Waals surface area contributed by atoms with E-state index in [0.717, 1.165) is 21.4 Å². The van der Waals surface area contributed by atoms with Crippen LogP contribution in [0.2, 0.25) is 0 Å². The first-order chi connectivity index (χ1) is 8.63. The largest absolute Gasteiger partial charge is 0.338 e. The number of imidazole rings is 1. The van der Waals surface area contributed by atoms with Crippen molar-refractivity contribution < 1.29 is 4.39 Å². The van der Waals surface area contributed by atoms with Gasteiger partial charge in [-0.15, -0.1) is 0 Å². The molecule has 2 nitrogen and oxygen atoms in total. The van der Waals surface area contributed by atoms with Crippen LogP contribution in [0.3, 0.4) is 0 Å². The zero-order valence-corrected chi connectivity index (χ0v) is 12.2. The van der Waals surface area contributed by atoms with Gasteiger partial charge in [0.2, 0.25) is 0 Å². The van der Waals surface area contributed by atoms with Crippen molar-refractivity contribution in [3.8, 4) is 11.4 Å². The highest BCUT2D eigenvalue weighted by Crippen LogP contribution is 2.26. The summed E-state index contributed by atoms with van der Waals surface area (Å²) in [4.78, 5) is 7.56. The Kier molecular flexibility index (Phi) is 2.95. The van der Waals surface area contributed by atoms with Crippen molar-refractivity contribution in [1.29, 1.82) is 0 Å². The fourth-order valence-electron chi connectivity index (χ4n) is 1.75. The molecule has 3 aromatic rings. The summed E-state index contributed by atoms with van der Waals surface area (Å²) in [5, 5.41) is 0. The van der Waals surface area contributed by atoms with E-state index in [1.807, 2.05) is 24.3 Å². The molecule has 0 saturated heterocycles. The molecular formula is C13H7Br2FN2. The van der Waals surface area contributed by atoms with Crippen LogP contribution >= 0.6 is 31.9 Å². The second kappa shape index (κ2) is 4.48. The van der Waals surface area contributed by atoms with E-state index in [1.54, 1.807) is 6.07 Å². The molecule has 5 heteroatoms. The van der Waals surface area contributed by atoms with Gasteiger partial charge in [-0.05, 0) is 34.1 Å². The summed E-state index contributed by atoms with van der Waals surface area (Å²) in [6, 6.07) is 10.9. The van der Waals surface area contributed by atoms with E-state index >= 15 is 0 Å². The van der Waals surface area contributed by atoms with E-state index in [1.165, 1.54) is 6.07 Å². The maximum Gasteiger partial charge on any atom is 0.139 e. The smallest absolute Gasteiger partial charge is 0.139 e. The summed E-state index contributed by atoms with van der Waals surface area (Å²) >= 11 is 6.54. The van der Waals surface area contributed by atoms with Crippen molar-refractivity contribution in [1.82, 2.24) is 9.97 Å². The molecule has 1 N–H and O–H groups in total. The molecular weight excluding hydrogens is 363 g/mol. The minimum Gasteiger partial charge on any atom is -0.338 e. The van der Waals surface area contributed by atoms with Crippen LogP contribution in [0.15, 0.2) is 45.3 Å². The second-order valence-electron chi connectivity index (χ2n) is 3.88. The summed E-state index contributed by atoms with van der Waals surface area (Å²) in [5.74, 6) is 0.434. The van der Waals surface area contributed by atoms with Crippen LogP contribution in [0.1, 0.15) is 0 Å². The third-order valence-electron chi connectivity index (χ3n) is 2.64. The number of nitrogens with one attached hydrogen (secondary N) is 1. The highest BCUT2D eigenvalue weighted by molar-refractivity contribution is 9.10. The molecule has 0 saturated carbocycles. The van der Waals surface area contributed by atoms with Crippen LogP contribution in [0, 0.1) is 5.82 Å². The van der Waals surface area contributed by atoms with Gasteiger partial charge in [0.25, 0.3) is 0 Å². The van der Waals surface area contributed by atoms with Gasteiger partial charge in [0, 0.05) is 16.1 Å². The topological polar surface area (TPSA) is 28.7 Å². The molecule has 0 unspecified atom stereocenters. The number of aromatic amines is 1. The molecule has 0 bridgehead atoms. The first-order valence-electron chi connectivity index (χ1n) is 5.24. The average Bonchev–Trinajstić information content (AvgIpc) is 2.73. The van der Waals surface area contributed by atoms with Gasteiger partial charge >= 0.3 is 0 Å². The van der Waals surface area contributed by atoms with Gasteiger partial charge in [-0.25, -0.2) is 9.37 Å². The number of benzene rings is 2. The van der Waals surface area contributed by atoms with Crippen molar-refractivity contribution >= 4 is 42.9 Å². The van der Waals surface area contributed by atoms with Gasteiger partial charge in [0.1, 0.15) is 11.6 Å². The van der Waals surface area contributed by atoms with Gasteiger partial charge in [0.05, 0.1) is 15.5 Å². The molecule has 0 aliphatic carbocycles. The molecule has 0 atom stereocenters. The Morgan fingerprint density at radius 2 is 1.78 bits per heavy atom. The molecule has 90 valence electrons. The summed E-state index contributed by atoms with van der Waals surface area (Å²) < 4.78 is 14.8. The predicted molar refractivity (Wildman–Crippen MR) is 76.9 cm³/mol. The molecule has 0 radical (unpaired) electrons. The zero-order chi connectivity index (χ0) is 12.7. The monoisotopic (exact) mass is 368 g/mol. The summed E-state index contributed by atoms with van der Waals surface area (Å²) in [5.41, 5.74) is 2.39. The summed E-state index contributed by atoms with van der Waals surface area (Å²) in [7, 11) is 0.